The first-order chi connectivity index (χ1) is 8.54. The molecular formula is C17H27N. The molecule has 1 nitrogen and oxygen atoms in total. The highest BCUT2D eigenvalue weighted by molar-refractivity contribution is 5.23. The summed E-state index contributed by atoms with van der Waals surface area (Å²) < 4.78 is 0. The Labute approximate surface area is 112 Å². The van der Waals surface area contributed by atoms with Crippen molar-refractivity contribution in [2.24, 2.45) is 11.8 Å². The molecular weight excluding hydrogens is 218 g/mol. The Hall–Kier alpha value is -0.820. The minimum absolute atomic E-state index is 0.466. The first-order valence-electron chi connectivity index (χ1n) is 7.37. The normalized spacial score (nSPS) is 30.1. The van der Waals surface area contributed by atoms with E-state index in [0.29, 0.717) is 12.1 Å². The average molecular weight is 245 g/mol. The van der Waals surface area contributed by atoms with Crippen LogP contribution in [0.1, 0.15) is 57.2 Å². The van der Waals surface area contributed by atoms with Crippen LogP contribution in [-0.2, 0) is 0 Å². The fraction of sp³-hybridized carbons (Fsp3) is 0.647. The zero-order chi connectivity index (χ0) is 13.1. The summed E-state index contributed by atoms with van der Waals surface area (Å²) in [6.45, 7) is 9.21. The van der Waals surface area contributed by atoms with Crippen LogP contribution in [-0.4, -0.2) is 6.04 Å². The number of hydrogen-bond acceptors (Lipinski definition) is 1. The Kier molecular flexibility index (Phi) is 4.45. The maximum Gasteiger partial charge on any atom is 0.0294 e. The predicted octanol–water partition coefficient (Wildman–Crippen LogP) is 4.47. The molecule has 1 aliphatic carbocycles. The molecule has 1 aliphatic rings. The fourth-order valence-corrected chi connectivity index (χ4v) is 3.39. The lowest BCUT2D eigenvalue weighted by Gasteiger charge is -2.34. The van der Waals surface area contributed by atoms with Gasteiger partial charge in [-0.3, -0.25) is 0 Å². The Morgan fingerprint density at radius 3 is 2.11 bits per heavy atom. The SMILES string of the molecule is Cc1ccc([C@H](C)NC2CC(C)CC(C)C2)cc1. The smallest absolute Gasteiger partial charge is 0.0294 e. The molecule has 0 saturated heterocycles. The van der Waals surface area contributed by atoms with Crippen LogP contribution in [0.25, 0.3) is 0 Å². The van der Waals surface area contributed by atoms with Gasteiger partial charge in [0.25, 0.3) is 0 Å². The summed E-state index contributed by atoms with van der Waals surface area (Å²) in [7, 11) is 0. The second-order valence-electron chi connectivity index (χ2n) is 6.41. The second-order valence-corrected chi connectivity index (χ2v) is 6.41. The molecule has 0 heterocycles. The van der Waals surface area contributed by atoms with Gasteiger partial charge in [0.15, 0.2) is 0 Å². The van der Waals surface area contributed by atoms with Crippen LogP contribution in [0.3, 0.4) is 0 Å². The molecule has 1 saturated carbocycles. The topological polar surface area (TPSA) is 12.0 Å². The molecule has 1 aromatic rings. The molecule has 2 rings (SSSR count). The summed E-state index contributed by atoms with van der Waals surface area (Å²) >= 11 is 0. The van der Waals surface area contributed by atoms with Crippen molar-refractivity contribution >= 4 is 0 Å². The highest BCUT2D eigenvalue weighted by Crippen LogP contribution is 2.29. The van der Waals surface area contributed by atoms with Gasteiger partial charge in [-0.2, -0.15) is 0 Å². The Morgan fingerprint density at radius 2 is 1.56 bits per heavy atom. The van der Waals surface area contributed by atoms with E-state index in [4.69, 9.17) is 0 Å². The lowest BCUT2D eigenvalue weighted by molar-refractivity contribution is 0.228. The number of nitrogens with one attached hydrogen (secondary N) is 1. The molecule has 0 radical (unpaired) electrons. The van der Waals surface area contributed by atoms with Crippen LogP contribution >= 0.6 is 0 Å². The van der Waals surface area contributed by atoms with Crippen molar-refractivity contribution in [1.29, 1.82) is 0 Å². The van der Waals surface area contributed by atoms with Crippen LogP contribution in [0.4, 0.5) is 0 Å². The molecule has 18 heavy (non-hydrogen) atoms. The molecule has 0 aromatic heterocycles. The van der Waals surface area contributed by atoms with Gasteiger partial charge in [-0.15, -0.1) is 0 Å². The van der Waals surface area contributed by atoms with E-state index >= 15 is 0 Å². The number of aryl methyl sites for hydroxylation is 1. The zero-order valence-corrected chi connectivity index (χ0v) is 12.2. The number of hydrogen-bond donors (Lipinski definition) is 1. The summed E-state index contributed by atoms with van der Waals surface area (Å²) in [6, 6.07) is 10.1. The van der Waals surface area contributed by atoms with Crippen molar-refractivity contribution in [1.82, 2.24) is 5.32 Å². The molecule has 3 atom stereocenters. The third-order valence-corrected chi connectivity index (χ3v) is 4.24. The van der Waals surface area contributed by atoms with Gasteiger partial charge in [-0.1, -0.05) is 43.7 Å². The molecule has 100 valence electrons. The molecule has 1 heteroatoms. The van der Waals surface area contributed by atoms with Crippen LogP contribution < -0.4 is 5.32 Å². The molecule has 0 spiro atoms. The largest absolute Gasteiger partial charge is 0.307 e. The van der Waals surface area contributed by atoms with Gasteiger partial charge in [0, 0.05) is 12.1 Å². The van der Waals surface area contributed by atoms with Gasteiger partial charge < -0.3 is 5.32 Å². The van der Waals surface area contributed by atoms with Crippen molar-refractivity contribution in [2.75, 3.05) is 0 Å². The Bertz CT molecular complexity index is 358. The van der Waals surface area contributed by atoms with Crippen LogP contribution in [0.15, 0.2) is 24.3 Å². The molecule has 2 unspecified atom stereocenters. The lowest BCUT2D eigenvalue weighted by atomic mass is 9.80. The average Bonchev–Trinajstić information content (AvgIpc) is 2.28. The van der Waals surface area contributed by atoms with Gasteiger partial charge >= 0.3 is 0 Å². The fourth-order valence-electron chi connectivity index (χ4n) is 3.39. The summed E-state index contributed by atoms with van der Waals surface area (Å²) in [4.78, 5) is 0. The van der Waals surface area contributed by atoms with Crippen molar-refractivity contribution in [3.8, 4) is 0 Å². The highest BCUT2D eigenvalue weighted by Gasteiger charge is 2.24. The van der Waals surface area contributed by atoms with E-state index in [-0.39, 0.29) is 0 Å². The van der Waals surface area contributed by atoms with Gasteiger partial charge in [-0.05, 0) is 50.5 Å². The standard InChI is InChI=1S/C17H27N/c1-12-5-7-16(8-6-12)15(4)18-17-10-13(2)9-14(3)11-17/h5-8,13-15,17-18H,9-11H2,1-4H3/t13?,14?,15-,17?/m0/s1. The van der Waals surface area contributed by atoms with E-state index in [1.54, 1.807) is 0 Å². The first kappa shape index (κ1) is 13.6. The van der Waals surface area contributed by atoms with Crippen molar-refractivity contribution in [3.05, 3.63) is 35.4 Å². The van der Waals surface area contributed by atoms with E-state index < -0.39 is 0 Å². The minimum Gasteiger partial charge on any atom is -0.307 e. The van der Waals surface area contributed by atoms with E-state index in [1.165, 1.54) is 30.4 Å². The van der Waals surface area contributed by atoms with Crippen LogP contribution in [0.2, 0.25) is 0 Å². The van der Waals surface area contributed by atoms with E-state index in [2.05, 4.69) is 57.3 Å². The second kappa shape index (κ2) is 5.88. The zero-order valence-electron chi connectivity index (χ0n) is 12.2. The molecule has 1 fully saturated rings. The van der Waals surface area contributed by atoms with Crippen molar-refractivity contribution in [3.63, 3.8) is 0 Å². The molecule has 0 aliphatic heterocycles. The maximum atomic E-state index is 3.82. The van der Waals surface area contributed by atoms with Gasteiger partial charge in [0.05, 0.1) is 0 Å². The Morgan fingerprint density at radius 1 is 1.00 bits per heavy atom. The number of rotatable bonds is 3. The summed E-state index contributed by atoms with van der Waals surface area (Å²) in [6.07, 6.45) is 4.07. The van der Waals surface area contributed by atoms with Gasteiger partial charge in [0.2, 0.25) is 0 Å². The lowest BCUT2D eigenvalue weighted by Crippen LogP contribution is -2.37. The Balaban J connectivity index is 1.94. The maximum absolute atomic E-state index is 3.82. The van der Waals surface area contributed by atoms with E-state index in [0.717, 1.165) is 11.8 Å². The molecule has 1 aromatic carbocycles. The van der Waals surface area contributed by atoms with Crippen molar-refractivity contribution in [2.45, 2.75) is 59.0 Å². The minimum atomic E-state index is 0.466. The van der Waals surface area contributed by atoms with E-state index in [1.807, 2.05) is 0 Å². The molecule has 0 bridgehead atoms. The summed E-state index contributed by atoms with van der Waals surface area (Å²) in [5.74, 6) is 1.74. The highest BCUT2D eigenvalue weighted by atomic mass is 14.9. The third kappa shape index (κ3) is 3.58. The summed E-state index contributed by atoms with van der Waals surface area (Å²) in [5, 5.41) is 3.82. The quantitative estimate of drug-likeness (QED) is 0.828. The summed E-state index contributed by atoms with van der Waals surface area (Å²) in [5.41, 5.74) is 2.75. The predicted molar refractivity (Wildman–Crippen MR) is 78.7 cm³/mol. The molecule has 1 N–H and O–H groups in total. The van der Waals surface area contributed by atoms with Gasteiger partial charge in [-0.25, -0.2) is 0 Å². The van der Waals surface area contributed by atoms with E-state index in [9.17, 15) is 0 Å². The van der Waals surface area contributed by atoms with Crippen molar-refractivity contribution < 1.29 is 0 Å². The van der Waals surface area contributed by atoms with Crippen LogP contribution in [0.5, 0.6) is 0 Å². The van der Waals surface area contributed by atoms with Crippen LogP contribution in [0, 0.1) is 18.8 Å². The van der Waals surface area contributed by atoms with Gasteiger partial charge in [0.1, 0.15) is 0 Å². The third-order valence-electron chi connectivity index (χ3n) is 4.24. The number of benzene rings is 1. The molecule has 0 amide bonds. The monoisotopic (exact) mass is 245 g/mol. The first-order valence-corrected chi connectivity index (χ1v) is 7.37.